The molecule has 0 spiro atoms. The first-order chi connectivity index (χ1) is 31.2. The summed E-state index contributed by atoms with van der Waals surface area (Å²) in [6.07, 6.45) is 0. The molecule has 63 heavy (non-hydrogen) atoms. The molecule has 0 N–H and O–H groups in total. The van der Waals surface area contributed by atoms with Crippen LogP contribution in [0.2, 0.25) is 5.02 Å². The van der Waals surface area contributed by atoms with Crippen molar-refractivity contribution in [2.75, 3.05) is 0 Å². The van der Waals surface area contributed by atoms with Crippen molar-refractivity contribution >= 4 is 55.5 Å². The molecular formula is C56H37ClN6. The Morgan fingerprint density at radius 3 is 1.13 bits per heavy atom. The van der Waals surface area contributed by atoms with Crippen LogP contribution >= 0.6 is 11.6 Å². The summed E-state index contributed by atoms with van der Waals surface area (Å²) in [6.45, 7) is 0. The molecule has 0 aliphatic heterocycles. The first-order valence-electron chi connectivity index (χ1n) is 20.8. The van der Waals surface area contributed by atoms with Crippen molar-refractivity contribution in [1.29, 1.82) is 0 Å². The first kappa shape index (κ1) is 37.8. The number of halogens is 1. The third kappa shape index (κ3) is 6.98. The lowest BCUT2D eigenvalue weighted by Crippen LogP contribution is -1.99. The lowest BCUT2D eigenvalue weighted by Gasteiger charge is -2.10. The number of fused-ring (bicyclic) bond motifs is 6. The molecule has 0 radical (unpaired) electrons. The Kier molecular flexibility index (Phi) is 9.80. The van der Waals surface area contributed by atoms with Gasteiger partial charge in [-0.2, -0.15) is 0 Å². The van der Waals surface area contributed by atoms with Crippen LogP contribution in [0.1, 0.15) is 0 Å². The van der Waals surface area contributed by atoms with Crippen molar-refractivity contribution in [3.8, 4) is 56.7 Å². The van der Waals surface area contributed by atoms with Crippen LogP contribution < -0.4 is 0 Å². The first-order valence-corrected chi connectivity index (χ1v) is 21.2. The summed E-state index contributed by atoms with van der Waals surface area (Å²) in [5, 5.41) is 5.04. The van der Waals surface area contributed by atoms with E-state index in [2.05, 4.69) is 137 Å². The van der Waals surface area contributed by atoms with Gasteiger partial charge in [0.05, 0.1) is 33.2 Å². The van der Waals surface area contributed by atoms with Gasteiger partial charge < -0.3 is 0 Å². The van der Waals surface area contributed by atoms with Crippen LogP contribution in [-0.4, -0.2) is 29.1 Å². The van der Waals surface area contributed by atoms with Crippen LogP contribution in [0.3, 0.4) is 0 Å². The van der Waals surface area contributed by atoms with Gasteiger partial charge in [0, 0.05) is 49.4 Å². The van der Waals surface area contributed by atoms with E-state index in [1.54, 1.807) is 0 Å². The van der Waals surface area contributed by atoms with E-state index in [0.29, 0.717) is 10.8 Å². The van der Waals surface area contributed by atoms with Crippen LogP contribution in [0.4, 0.5) is 0 Å². The van der Waals surface area contributed by atoms with Gasteiger partial charge in [0.25, 0.3) is 0 Å². The highest BCUT2D eigenvalue weighted by Crippen LogP contribution is 2.40. The minimum atomic E-state index is 0.683. The molecule has 0 aliphatic rings. The van der Waals surface area contributed by atoms with Gasteiger partial charge in [-0.05, 0) is 48.5 Å². The molecule has 0 unspecified atom stereocenters. The van der Waals surface area contributed by atoms with E-state index >= 15 is 0 Å². The summed E-state index contributed by atoms with van der Waals surface area (Å²) in [4.78, 5) is 20.3. The lowest BCUT2D eigenvalue weighted by molar-refractivity contribution is 1.11. The molecule has 0 saturated heterocycles. The second kappa shape index (κ2) is 16.3. The Bertz CT molecular complexity index is 3550. The SMILES string of the molecule is Clc1cccc(-c2nc(-c3ccccc3)nc3c2c2ccccc2n3-c2ccccc2)c1.c1ccc(-c2nc(-c3ccccc3)c3c4ccccc4n(-c4ccccc4)c3n2)cc1. The molecule has 0 saturated carbocycles. The predicted octanol–water partition coefficient (Wildman–Crippen LogP) is 14.5. The van der Waals surface area contributed by atoms with Gasteiger partial charge in [0.15, 0.2) is 11.6 Å². The Labute approximate surface area is 369 Å². The quantitative estimate of drug-likeness (QED) is 0.167. The average molecular weight is 829 g/mol. The van der Waals surface area contributed by atoms with Gasteiger partial charge in [0.1, 0.15) is 11.3 Å². The van der Waals surface area contributed by atoms with E-state index in [9.17, 15) is 0 Å². The van der Waals surface area contributed by atoms with E-state index in [-0.39, 0.29) is 0 Å². The number of nitrogens with zero attached hydrogens (tertiary/aromatic N) is 6. The average Bonchev–Trinajstić information content (AvgIpc) is 3.88. The lowest BCUT2D eigenvalue weighted by atomic mass is 10.1. The number of benzene rings is 8. The van der Waals surface area contributed by atoms with Crippen molar-refractivity contribution in [1.82, 2.24) is 29.1 Å². The number of rotatable bonds is 6. The number of hydrogen-bond acceptors (Lipinski definition) is 4. The molecule has 298 valence electrons. The molecule has 0 bridgehead atoms. The fourth-order valence-electron chi connectivity index (χ4n) is 8.46. The normalized spacial score (nSPS) is 11.3. The zero-order chi connectivity index (χ0) is 42.1. The fraction of sp³-hybridized carbons (Fsp3) is 0. The van der Waals surface area contributed by atoms with Crippen LogP contribution in [0, 0.1) is 0 Å². The molecular weight excluding hydrogens is 792 g/mol. The maximum Gasteiger partial charge on any atom is 0.162 e. The summed E-state index contributed by atoms with van der Waals surface area (Å²) in [7, 11) is 0. The Morgan fingerprint density at radius 2 is 0.683 bits per heavy atom. The molecule has 7 heteroatoms. The summed E-state index contributed by atoms with van der Waals surface area (Å²) >= 11 is 6.37. The van der Waals surface area contributed by atoms with E-state index in [1.807, 2.05) is 97.1 Å². The molecule has 12 aromatic rings. The highest BCUT2D eigenvalue weighted by Gasteiger charge is 2.22. The minimum absolute atomic E-state index is 0.683. The summed E-state index contributed by atoms with van der Waals surface area (Å²) < 4.78 is 4.46. The monoisotopic (exact) mass is 828 g/mol. The maximum absolute atomic E-state index is 6.37. The predicted molar refractivity (Wildman–Crippen MR) is 259 cm³/mol. The molecule has 12 rings (SSSR count). The molecule has 0 fully saturated rings. The van der Waals surface area contributed by atoms with Crippen LogP contribution in [0.25, 0.3) is 101 Å². The van der Waals surface area contributed by atoms with Crippen molar-refractivity contribution < 1.29 is 0 Å². The van der Waals surface area contributed by atoms with Crippen molar-refractivity contribution in [2.45, 2.75) is 0 Å². The third-order valence-electron chi connectivity index (χ3n) is 11.3. The standard InChI is InChI=1S/C28H18ClN3.C28H19N3/c29-21-13-9-12-20(18-21)26-25-23-16-7-8-17-24(23)32(22-14-5-2-6-15-22)28(25)31-27(30-26)19-10-3-1-4-11-19;1-4-12-20(13-5-1)26-25-23-18-10-11-19-24(23)31(22-16-8-3-9-17-22)28(25)30-27(29-26)21-14-6-2-7-15-21/h1-18H;1-19H. The van der Waals surface area contributed by atoms with Gasteiger partial charge in [-0.1, -0.05) is 188 Å². The Balaban J connectivity index is 0.000000141. The Morgan fingerprint density at radius 1 is 0.317 bits per heavy atom. The zero-order valence-corrected chi connectivity index (χ0v) is 34.7. The smallest absolute Gasteiger partial charge is 0.162 e. The Hall–Kier alpha value is -8.19. The highest BCUT2D eigenvalue weighted by molar-refractivity contribution is 6.31. The molecule has 8 aromatic carbocycles. The summed E-state index contributed by atoms with van der Waals surface area (Å²) in [5.74, 6) is 1.42. The largest absolute Gasteiger partial charge is 0.294 e. The van der Waals surface area contributed by atoms with Crippen molar-refractivity contribution in [3.63, 3.8) is 0 Å². The van der Waals surface area contributed by atoms with Crippen LogP contribution in [0.15, 0.2) is 224 Å². The van der Waals surface area contributed by atoms with Gasteiger partial charge in [-0.25, -0.2) is 19.9 Å². The highest BCUT2D eigenvalue weighted by atomic mass is 35.5. The second-order valence-corrected chi connectivity index (χ2v) is 15.6. The molecule has 0 atom stereocenters. The van der Waals surface area contributed by atoms with E-state index in [0.717, 1.165) is 94.7 Å². The van der Waals surface area contributed by atoms with Crippen molar-refractivity contribution in [3.05, 3.63) is 229 Å². The van der Waals surface area contributed by atoms with Gasteiger partial charge in [0.2, 0.25) is 0 Å². The number of para-hydroxylation sites is 4. The second-order valence-electron chi connectivity index (χ2n) is 15.2. The third-order valence-corrected chi connectivity index (χ3v) is 11.5. The van der Waals surface area contributed by atoms with E-state index in [1.165, 1.54) is 0 Å². The number of hydrogen-bond donors (Lipinski definition) is 0. The molecule has 6 nitrogen and oxygen atoms in total. The summed E-state index contributed by atoms with van der Waals surface area (Å²) in [6, 6.07) is 76.1. The zero-order valence-electron chi connectivity index (χ0n) is 33.9. The maximum atomic E-state index is 6.37. The van der Waals surface area contributed by atoms with Crippen LogP contribution in [0.5, 0.6) is 0 Å². The molecule has 4 aromatic heterocycles. The van der Waals surface area contributed by atoms with Gasteiger partial charge in [-0.3, -0.25) is 9.13 Å². The van der Waals surface area contributed by atoms with Crippen LogP contribution in [-0.2, 0) is 0 Å². The molecule has 4 heterocycles. The fourth-order valence-corrected chi connectivity index (χ4v) is 8.66. The van der Waals surface area contributed by atoms with Gasteiger partial charge >= 0.3 is 0 Å². The summed E-state index contributed by atoms with van der Waals surface area (Å²) in [5.41, 5.74) is 12.0. The van der Waals surface area contributed by atoms with E-state index in [4.69, 9.17) is 31.5 Å². The van der Waals surface area contributed by atoms with Crippen molar-refractivity contribution in [2.24, 2.45) is 0 Å². The topological polar surface area (TPSA) is 61.4 Å². The minimum Gasteiger partial charge on any atom is -0.294 e. The molecule has 0 amide bonds. The number of aromatic nitrogens is 6. The van der Waals surface area contributed by atoms with E-state index < -0.39 is 0 Å². The molecule has 0 aliphatic carbocycles. The van der Waals surface area contributed by atoms with Gasteiger partial charge in [-0.15, -0.1) is 0 Å².